The Balaban J connectivity index is 1.90. The Morgan fingerprint density at radius 3 is 1.96 bits per heavy atom. The molecule has 0 aliphatic heterocycles. The smallest absolute Gasteiger partial charge is 0.142 e. The molecular weight excluding hydrogens is 326 g/mol. The number of hydrogen-bond acceptors (Lipinski definition) is 0. The van der Waals surface area contributed by atoms with E-state index in [1.807, 2.05) is 55.5 Å². The first-order chi connectivity index (χ1) is 12.6. The van der Waals surface area contributed by atoms with E-state index in [0.29, 0.717) is 5.56 Å². The molecule has 0 spiro atoms. The average molecular weight is 346 g/mol. The van der Waals surface area contributed by atoms with E-state index in [-0.39, 0.29) is 5.56 Å². The van der Waals surface area contributed by atoms with Gasteiger partial charge in [0.2, 0.25) is 0 Å². The molecule has 2 heteroatoms. The molecule has 130 valence electrons. The second-order valence-electron chi connectivity index (χ2n) is 6.38. The van der Waals surface area contributed by atoms with E-state index >= 15 is 0 Å². The first-order valence-electron chi connectivity index (χ1n) is 8.74. The number of hydrogen-bond donors (Lipinski definition) is 0. The fourth-order valence-corrected chi connectivity index (χ4v) is 2.78. The summed E-state index contributed by atoms with van der Waals surface area (Å²) in [6, 6.07) is 18.0. The molecule has 0 amide bonds. The summed E-state index contributed by atoms with van der Waals surface area (Å²) < 4.78 is 28.8. The molecule has 0 aromatic heterocycles. The molecule has 0 fully saturated rings. The topological polar surface area (TPSA) is 0 Å². The summed E-state index contributed by atoms with van der Waals surface area (Å²) >= 11 is 0. The predicted octanol–water partition coefficient (Wildman–Crippen LogP) is 6.29. The minimum atomic E-state index is -0.641. The van der Waals surface area contributed by atoms with Gasteiger partial charge in [-0.25, -0.2) is 8.78 Å². The Bertz CT molecular complexity index is 933. The molecule has 0 heterocycles. The number of rotatable bonds is 3. The van der Waals surface area contributed by atoms with Crippen molar-refractivity contribution < 1.29 is 8.78 Å². The molecule has 26 heavy (non-hydrogen) atoms. The molecule has 0 atom stereocenters. The Hall–Kier alpha value is -2.92. The summed E-state index contributed by atoms with van der Waals surface area (Å²) in [7, 11) is 0. The lowest BCUT2D eigenvalue weighted by atomic mass is 10.0. The molecule has 0 saturated carbocycles. The van der Waals surface area contributed by atoms with Crippen LogP contribution in [0.15, 0.2) is 60.7 Å². The van der Waals surface area contributed by atoms with Crippen LogP contribution in [0.3, 0.4) is 0 Å². The highest BCUT2D eigenvalue weighted by molar-refractivity contribution is 5.65. The van der Waals surface area contributed by atoms with E-state index in [4.69, 9.17) is 0 Å². The quantitative estimate of drug-likeness (QED) is 0.489. The molecule has 0 N–H and O–H groups in total. The number of aryl methyl sites for hydroxylation is 2. The Morgan fingerprint density at radius 2 is 1.38 bits per heavy atom. The fraction of sp³-hybridized carbons (Fsp3) is 0.167. The highest BCUT2D eigenvalue weighted by atomic mass is 19.1. The van der Waals surface area contributed by atoms with Crippen molar-refractivity contribution in [3.8, 4) is 23.0 Å². The van der Waals surface area contributed by atoms with Crippen molar-refractivity contribution in [2.75, 3.05) is 0 Å². The van der Waals surface area contributed by atoms with Gasteiger partial charge in [-0.05, 0) is 54.3 Å². The van der Waals surface area contributed by atoms with Gasteiger partial charge in [0.1, 0.15) is 11.6 Å². The van der Waals surface area contributed by atoms with Crippen LogP contribution in [-0.2, 0) is 6.42 Å². The molecule has 0 saturated heterocycles. The van der Waals surface area contributed by atoms with Crippen LogP contribution in [-0.4, -0.2) is 0 Å². The van der Waals surface area contributed by atoms with Gasteiger partial charge in [0.25, 0.3) is 0 Å². The lowest BCUT2D eigenvalue weighted by Gasteiger charge is -2.06. The summed E-state index contributed by atoms with van der Waals surface area (Å²) in [4.78, 5) is 0. The summed E-state index contributed by atoms with van der Waals surface area (Å²) in [5, 5.41) is 0. The highest BCUT2D eigenvalue weighted by Crippen LogP contribution is 2.25. The lowest BCUT2D eigenvalue weighted by molar-refractivity contribution is 0.578. The highest BCUT2D eigenvalue weighted by Gasteiger charge is 2.10. The zero-order valence-corrected chi connectivity index (χ0v) is 14.9. The monoisotopic (exact) mass is 346 g/mol. The molecule has 0 radical (unpaired) electrons. The lowest BCUT2D eigenvalue weighted by Crippen LogP contribution is -1.93. The average Bonchev–Trinajstić information content (AvgIpc) is 2.63. The third-order valence-electron chi connectivity index (χ3n) is 4.25. The summed E-state index contributed by atoms with van der Waals surface area (Å²) in [6.45, 7) is 4.10. The summed E-state index contributed by atoms with van der Waals surface area (Å²) in [6.07, 6.45) is 2.06. The van der Waals surface area contributed by atoms with Gasteiger partial charge in [-0.1, -0.05) is 67.1 Å². The van der Waals surface area contributed by atoms with Crippen LogP contribution in [0.4, 0.5) is 8.78 Å². The Morgan fingerprint density at radius 1 is 0.769 bits per heavy atom. The van der Waals surface area contributed by atoms with Gasteiger partial charge in [-0.3, -0.25) is 0 Å². The first kappa shape index (κ1) is 17.9. The van der Waals surface area contributed by atoms with E-state index < -0.39 is 11.6 Å². The van der Waals surface area contributed by atoms with Gasteiger partial charge in [0.15, 0.2) is 0 Å². The van der Waals surface area contributed by atoms with E-state index in [2.05, 4.69) is 18.8 Å². The van der Waals surface area contributed by atoms with E-state index in [1.165, 1.54) is 17.7 Å². The van der Waals surface area contributed by atoms with E-state index in [1.54, 1.807) is 0 Å². The van der Waals surface area contributed by atoms with Crippen molar-refractivity contribution in [2.24, 2.45) is 0 Å². The third-order valence-corrected chi connectivity index (χ3v) is 4.25. The van der Waals surface area contributed by atoms with Gasteiger partial charge in [0, 0.05) is 5.56 Å². The second kappa shape index (κ2) is 7.97. The molecule has 3 aromatic rings. The van der Waals surface area contributed by atoms with Gasteiger partial charge >= 0.3 is 0 Å². The maximum atomic E-state index is 14.4. The van der Waals surface area contributed by atoms with Crippen molar-refractivity contribution in [1.82, 2.24) is 0 Å². The Labute approximate surface area is 153 Å². The summed E-state index contributed by atoms with van der Waals surface area (Å²) in [5.41, 5.74) is 4.17. The van der Waals surface area contributed by atoms with Crippen molar-refractivity contribution in [1.29, 1.82) is 0 Å². The molecule has 0 bridgehead atoms. The van der Waals surface area contributed by atoms with Crippen LogP contribution in [0.5, 0.6) is 0 Å². The Kier molecular flexibility index (Phi) is 5.49. The molecule has 0 unspecified atom stereocenters. The zero-order chi connectivity index (χ0) is 18.5. The SMILES string of the molecule is CCCc1ccc(-c2cc(F)c(C#Cc3ccc(C)cc3)c(F)c2)cc1. The van der Waals surface area contributed by atoms with Gasteiger partial charge in [-0.15, -0.1) is 0 Å². The van der Waals surface area contributed by atoms with Gasteiger partial charge in [-0.2, -0.15) is 0 Å². The first-order valence-corrected chi connectivity index (χ1v) is 8.74. The number of benzene rings is 3. The number of halogens is 2. The van der Waals surface area contributed by atoms with Crippen LogP contribution in [0, 0.1) is 30.4 Å². The zero-order valence-electron chi connectivity index (χ0n) is 14.9. The van der Waals surface area contributed by atoms with Crippen molar-refractivity contribution in [3.05, 3.63) is 94.6 Å². The standard InChI is InChI=1S/C24H20F2/c1-3-4-18-9-12-20(13-10-18)21-15-23(25)22(24(26)16-21)14-11-19-7-5-17(2)6-8-19/h5-10,12-13,15-16H,3-4H2,1-2H3. The van der Waals surface area contributed by atoms with E-state index in [9.17, 15) is 8.78 Å². The van der Waals surface area contributed by atoms with Crippen LogP contribution in [0.2, 0.25) is 0 Å². The van der Waals surface area contributed by atoms with E-state index in [0.717, 1.165) is 29.5 Å². The maximum absolute atomic E-state index is 14.4. The van der Waals surface area contributed by atoms with Crippen molar-refractivity contribution in [3.63, 3.8) is 0 Å². The minimum Gasteiger partial charge on any atom is -0.205 e. The maximum Gasteiger partial charge on any atom is 0.142 e. The molecule has 0 nitrogen and oxygen atoms in total. The van der Waals surface area contributed by atoms with Crippen LogP contribution >= 0.6 is 0 Å². The molecular formula is C24H20F2. The normalized spacial score (nSPS) is 10.3. The fourth-order valence-electron chi connectivity index (χ4n) is 2.78. The van der Waals surface area contributed by atoms with Crippen molar-refractivity contribution in [2.45, 2.75) is 26.7 Å². The molecule has 3 rings (SSSR count). The van der Waals surface area contributed by atoms with Gasteiger partial charge in [0.05, 0.1) is 5.56 Å². The third kappa shape index (κ3) is 4.18. The predicted molar refractivity (Wildman–Crippen MR) is 103 cm³/mol. The van der Waals surface area contributed by atoms with Crippen molar-refractivity contribution >= 4 is 0 Å². The molecule has 0 aliphatic carbocycles. The molecule has 3 aromatic carbocycles. The summed E-state index contributed by atoms with van der Waals surface area (Å²) in [5.74, 6) is 4.16. The van der Waals surface area contributed by atoms with Crippen LogP contribution in [0.25, 0.3) is 11.1 Å². The second-order valence-corrected chi connectivity index (χ2v) is 6.38. The van der Waals surface area contributed by atoms with Crippen LogP contribution in [0.1, 0.15) is 35.6 Å². The minimum absolute atomic E-state index is 0.197. The van der Waals surface area contributed by atoms with Crippen LogP contribution < -0.4 is 0 Å². The van der Waals surface area contributed by atoms with Gasteiger partial charge < -0.3 is 0 Å². The molecule has 0 aliphatic rings. The largest absolute Gasteiger partial charge is 0.205 e.